The van der Waals surface area contributed by atoms with E-state index in [4.69, 9.17) is 11.5 Å². The van der Waals surface area contributed by atoms with E-state index in [-0.39, 0.29) is 6.04 Å². The second-order valence-corrected chi connectivity index (χ2v) is 3.23. The van der Waals surface area contributed by atoms with E-state index in [0.717, 1.165) is 0 Å². The number of carbonyl (C=O) groups excluding carboxylic acids is 1. The molecule has 0 rings (SSSR count). The molecule has 0 spiro atoms. The normalized spacial score (nSPS) is 13.4. The summed E-state index contributed by atoms with van der Waals surface area (Å²) in [5.41, 5.74) is 0. The zero-order valence-electron chi connectivity index (χ0n) is 8.91. The topological polar surface area (TPSA) is 78.4 Å². The van der Waals surface area contributed by atoms with Crippen molar-refractivity contribution in [1.82, 2.24) is 10.6 Å². The van der Waals surface area contributed by atoms with Crippen molar-refractivity contribution in [1.29, 1.82) is 0 Å². The molecule has 5 nitrogen and oxygen atoms in total. The van der Waals surface area contributed by atoms with Crippen molar-refractivity contribution in [2.24, 2.45) is 0 Å². The minimum atomic E-state index is -1.04. The summed E-state index contributed by atoms with van der Waals surface area (Å²) in [6, 6.07) is -1.53. The first-order chi connectivity index (χ1) is 7.01. The molecule has 0 aromatic heterocycles. The lowest BCUT2D eigenvalue weighted by atomic mass is 10.2. The van der Waals surface area contributed by atoms with Crippen LogP contribution >= 0.6 is 0 Å². The fourth-order valence-corrected chi connectivity index (χ4v) is 0.990. The van der Waals surface area contributed by atoms with Crippen molar-refractivity contribution in [3.63, 3.8) is 0 Å². The first-order valence-corrected chi connectivity index (χ1v) is 4.74. The third kappa shape index (κ3) is 5.57. The van der Waals surface area contributed by atoms with Crippen LogP contribution in [0.3, 0.4) is 0 Å². The number of hydrogen-bond donors (Lipinski definition) is 3. The van der Waals surface area contributed by atoms with Gasteiger partial charge in [-0.15, -0.1) is 12.3 Å². The summed E-state index contributed by atoms with van der Waals surface area (Å²) in [6.07, 6.45) is 5.82. The molecule has 0 saturated carbocycles. The molecule has 0 heterocycles. The van der Waals surface area contributed by atoms with Gasteiger partial charge in [0.15, 0.2) is 0 Å². The molecule has 0 aromatic rings. The highest BCUT2D eigenvalue weighted by atomic mass is 16.4. The van der Waals surface area contributed by atoms with Crippen molar-refractivity contribution in [2.45, 2.75) is 38.8 Å². The summed E-state index contributed by atoms with van der Waals surface area (Å²) in [6.45, 7) is 3.44. The molecule has 1 unspecified atom stereocenters. The molecular formula is C10H16N2O3. The molecule has 15 heavy (non-hydrogen) atoms. The number of nitrogens with one attached hydrogen (secondary N) is 2. The molecule has 5 heteroatoms. The van der Waals surface area contributed by atoms with Gasteiger partial charge in [-0.1, -0.05) is 6.92 Å². The van der Waals surface area contributed by atoms with Crippen LogP contribution in [0.2, 0.25) is 0 Å². The van der Waals surface area contributed by atoms with Crippen molar-refractivity contribution in [3.05, 3.63) is 0 Å². The molecule has 84 valence electrons. The Bertz CT molecular complexity index is 270. The van der Waals surface area contributed by atoms with Crippen LogP contribution in [-0.4, -0.2) is 29.2 Å². The van der Waals surface area contributed by atoms with Crippen LogP contribution in [0, 0.1) is 12.3 Å². The second kappa shape index (κ2) is 6.71. The summed E-state index contributed by atoms with van der Waals surface area (Å²) in [4.78, 5) is 21.9. The number of carboxylic acid groups (broad SMARTS) is 1. The largest absolute Gasteiger partial charge is 0.480 e. The molecule has 0 aliphatic heterocycles. The fraction of sp³-hybridized carbons (Fsp3) is 0.600. The Labute approximate surface area is 89.2 Å². The number of urea groups is 1. The third-order valence-electron chi connectivity index (χ3n) is 1.81. The summed E-state index contributed by atoms with van der Waals surface area (Å²) in [5, 5.41) is 13.6. The van der Waals surface area contributed by atoms with Gasteiger partial charge in [0.2, 0.25) is 0 Å². The van der Waals surface area contributed by atoms with E-state index in [1.54, 1.807) is 13.8 Å². The van der Waals surface area contributed by atoms with Crippen LogP contribution in [0.15, 0.2) is 0 Å². The van der Waals surface area contributed by atoms with E-state index >= 15 is 0 Å². The highest BCUT2D eigenvalue weighted by Gasteiger charge is 2.17. The first kappa shape index (κ1) is 13.3. The molecule has 0 aliphatic rings. The minimum absolute atomic E-state index is 0.165. The summed E-state index contributed by atoms with van der Waals surface area (Å²) < 4.78 is 0. The van der Waals surface area contributed by atoms with Gasteiger partial charge in [-0.2, -0.15) is 0 Å². The minimum Gasteiger partial charge on any atom is -0.480 e. The monoisotopic (exact) mass is 212 g/mol. The van der Waals surface area contributed by atoms with Gasteiger partial charge in [0.1, 0.15) is 6.04 Å². The smallest absolute Gasteiger partial charge is 0.326 e. The molecule has 3 N–H and O–H groups in total. The van der Waals surface area contributed by atoms with Crippen LogP contribution in [-0.2, 0) is 4.79 Å². The summed E-state index contributed by atoms with van der Waals surface area (Å²) in [5.74, 6) is 1.36. The first-order valence-electron chi connectivity index (χ1n) is 4.74. The van der Waals surface area contributed by atoms with E-state index in [2.05, 4.69) is 16.6 Å². The maximum absolute atomic E-state index is 11.2. The Balaban J connectivity index is 4.02. The zero-order chi connectivity index (χ0) is 11.8. The van der Waals surface area contributed by atoms with Crippen LogP contribution in [0.4, 0.5) is 4.79 Å². The van der Waals surface area contributed by atoms with E-state index < -0.39 is 18.0 Å². The Morgan fingerprint density at radius 2 is 2.07 bits per heavy atom. The van der Waals surface area contributed by atoms with E-state index in [1.165, 1.54) is 0 Å². The lowest BCUT2D eigenvalue weighted by Gasteiger charge is -2.15. The van der Waals surface area contributed by atoms with Crippen LogP contribution in [0.1, 0.15) is 26.7 Å². The number of amides is 2. The predicted octanol–water partition coefficient (Wildman–Crippen LogP) is 0.561. The molecule has 2 amide bonds. The summed E-state index contributed by atoms with van der Waals surface area (Å²) in [7, 11) is 0. The number of carboxylic acids is 1. The van der Waals surface area contributed by atoms with Crippen LogP contribution in [0.5, 0.6) is 0 Å². The third-order valence-corrected chi connectivity index (χ3v) is 1.81. The predicted molar refractivity (Wildman–Crippen MR) is 56.3 cm³/mol. The van der Waals surface area contributed by atoms with Gasteiger partial charge in [0.25, 0.3) is 0 Å². The molecule has 0 aromatic carbocycles. The van der Waals surface area contributed by atoms with Gasteiger partial charge in [-0.3, -0.25) is 0 Å². The van der Waals surface area contributed by atoms with Crippen molar-refractivity contribution in [2.75, 3.05) is 0 Å². The fourth-order valence-electron chi connectivity index (χ4n) is 0.990. The van der Waals surface area contributed by atoms with Gasteiger partial charge >= 0.3 is 12.0 Å². The second-order valence-electron chi connectivity index (χ2n) is 3.23. The Kier molecular flexibility index (Phi) is 5.95. The zero-order valence-corrected chi connectivity index (χ0v) is 8.91. The van der Waals surface area contributed by atoms with Gasteiger partial charge < -0.3 is 15.7 Å². The van der Waals surface area contributed by atoms with E-state index in [0.29, 0.717) is 12.8 Å². The molecule has 0 bridgehead atoms. The Hall–Kier alpha value is -1.70. The SMILES string of the molecule is C#CCC(C)NC(=O)N[C@H](CC)C(=O)O. The van der Waals surface area contributed by atoms with Gasteiger partial charge in [-0.05, 0) is 13.3 Å². The Morgan fingerprint density at radius 3 is 2.47 bits per heavy atom. The highest BCUT2D eigenvalue weighted by molar-refractivity contribution is 5.82. The van der Waals surface area contributed by atoms with Gasteiger partial charge in [0.05, 0.1) is 0 Å². The standard InChI is InChI=1S/C10H16N2O3/c1-4-6-7(3)11-10(15)12-8(5-2)9(13)14/h1,7-8H,5-6H2,2-3H3,(H,13,14)(H2,11,12,15)/t7?,8-/m1/s1. The van der Waals surface area contributed by atoms with E-state index in [9.17, 15) is 9.59 Å². The lowest BCUT2D eigenvalue weighted by Crippen LogP contribution is -2.48. The van der Waals surface area contributed by atoms with Gasteiger partial charge in [0, 0.05) is 12.5 Å². The molecule has 0 fully saturated rings. The number of aliphatic carboxylic acids is 1. The van der Waals surface area contributed by atoms with Crippen molar-refractivity contribution >= 4 is 12.0 Å². The quantitative estimate of drug-likeness (QED) is 0.583. The summed E-state index contributed by atoms with van der Waals surface area (Å²) >= 11 is 0. The molecule has 2 atom stereocenters. The maximum Gasteiger partial charge on any atom is 0.326 e. The molecule has 0 saturated heterocycles. The molecular weight excluding hydrogens is 196 g/mol. The number of carbonyl (C=O) groups is 2. The van der Waals surface area contributed by atoms with E-state index in [1.807, 2.05) is 0 Å². The van der Waals surface area contributed by atoms with Gasteiger partial charge in [-0.25, -0.2) is 9.59 Å². The van der Waals surface area contributed by atoms with Crippen molar-refractivity contribution < 1.29 is 14.7 Å². The molecule has 0 aliphatic carbocycles. The number of rotatable bonds is 5. The average Bonchev–Trinajstić information content (AvgIpc) is 2.13. The number of hydrogen-bond acceptors (Lipinski definition) is 2. The van der Waals surface area contributed by atoms with Crippen LogP contribution < -0.4 is 10.6 Å². The average molecular weight is 212 g/mol. The van der Waals surface area contributed by atoms with Crippen LogP contribution in [0.25, 0.3) is 0 Å². The molecule has 0 radical (unpaired) electrons. The highest BCUT2D eigenvalue weighted by Crippen LogP contribution is 1.92. The number of terminal acetylenes is 1. The van der Waals surface area contributed by atoms with Crippen molar-refractivity contribution in [3.8, 4) is 12.3 Å². The Morgan fingerprint density at radius 1 is 1.47 bits per heavy atom. The maximum atomic E-state index is 11.2. The lowest BCUT2D eigenvalue weighted by molar-refractivity contribution is -0.139.